The lowest BCUT2D eigenvalue weighted by Gasteiger charge is -2.13. The highest BCUT2D eigenvalue weighted by molar-refractivity contribution is 6.32. The predicted octanol–water partition coefficient (Wildman–Crippen LogP) is 2.93. The number of amides is 1. The molecule has 1 fully saturated rings. The second-order valence-corrected chi connectivity index (χ2v) is 5.31. The van der Waals surface area contributed by atoms with E-state index >= 15 is 0 Å². The topological polar surface area (TPSA) is 46.3 Å². The number of likely N-dealkylation sites (tertiary alicyclic amines) is 1. The highest BCUT2D eigenvalue weighted by atomic mass is 35.5. The number of alkyl halides is 3. The third-order valence-electron chi connectivity index (χ3n) is 3.27. The van der Waals surface area contributed by atoms with Crippen LogP contribution < -0.4 is 5.73 Å². The van der Waals surface area contributed by atoms with Crippen LogP contribution in [0, 0.1) is 0 Å². The number of nitrogens with zero attached hydrogens (tertiary/aromatic N) is 1. The minimum Gasteiger partial charge on any atom is -0.338 e. The van der Waals surface area contributed by atoms with E-state index in [0.717, 1.165) is 18.6 Å². The Morgan fingerprint density at radius 1 is 1.43 bits per heavy atom. The van der Waals surface area contributed by atoms with E-state index in [1.807, 2.05) is 0 Å². The molecule has 2 rings (SSSR count). The average molecular weight is 319 g/mol. The molecule has 0 radical (unpaired) electrons. The van der Waals surface area contributed by atoms with E-state index in [9.17, 15) is 18.0 Å². The number of hydrogen-bond acceptors (Lipinski definition) is 2. The SMILES string of the molecule is N[C@H]1CCN(C(=O)C=Cc2cc(C(F)(F)F)ccc2Cl)C1. The molecule has 0 bridgehead atoms. The van der Waals surface area contributed by atoms with Crippen molar-refractivity contribution in [2.75, 3.05) is 13.1 Å². The molecule has 1 heterocycles. The van der Waals surface area contributed by atoms with Gasteiger partial charge in [-0.25, -0.2) is 0 Å². The molecule has 114 valence electrons. The van der Waals surface area contributed by atoms with Crippen LogP contribution in [0.2, 0.25) is 5.02 Å². The highest BCUT2D eigenvalue weighted by Gasteiger charge is 2.30. The lowest BCUT2D eigenvalue weighted by atomic mass is 10.1. The van der Waals surface area contributed by atoms with Gasteiger partial charge < -0.3 is 10.6 Å². The number of halogens is 4. The Bertz CT molecular complexity index is 572. The molecule has 21 heavy (non-hydrogen) atoms. The molecule has 1 amide bonds. The van der Waals surface area contributed by atoms with Crippen molar-refractivity contribution in [3.63, 3.8) is 0 Å². The van der Waals surface area contributed by atoms with Gasteiger partial charge in [-0.05, 0) is 36.3 Å². The summed E-state index contributed by atoms with van der Waals surface area (Å²) in [5.74, 6) is -0.281. The summed E-state index contributed by atoms with van der Waals surface area (Å²) in [4.78, 5) is 13.4. The molecule has 1 aromatic rings. The summed E-state index contributed by atoms with van der Waals surface area (Å²) in [6, 6.07) is 2.95. The fraction of sp³-hybridized carbons (Fsp3) is 0.357. The van der Waals surface area contributed by atoms with Crippen LogP contribution in [0.5, 0.6) is 0 Å². The summed E-state index contributed by atoms with van der Waals surface area (Å²) >= 11 is 5.85. The maximum absolute atomic E-state index is 12.6. The smallest absolute Gasteiger partial charge is 0.338 e. The van der Waals surface area contributed by atoms with Crippen molar-refractivity contribution in [3.8, 4) is 0 Å². The van der Waals surface area contributed by atoms with Crippen LogP contribution in [-0.2, 0) is 11.0 Å². The minimum atomic E-state index is -4.45. The average Bonchev–Trinajstić information content (AvgIpc) is 2.83. The molecule has 7 heteroatoms. The number of carbonyl (C=O) groups excluding carboxylic acids is 1. The van der Waals surface area contributed by atoms with Gasteiger partial charge in [0, 0.05) is 30.2 Å². The van der Waals surface area contributed by atoms with Gasteiger partial charge in [0.25, 0.3) is 0 Å². The number of benzene rings is 1. The summed E-state index contributed by atoms with van der Waals surface area (Å²) in [6.45, 7) is 1.01. The van der Waals surface area contributed by atoms with Gasteiger partial charge in [0.05, 0.1) is 5.56 Å². The molecular formula is C14H14ClF3N2O. The predicted molar refractivity (Wildman–Crippen MR) is 74.7 cm³/mol. The second-order valence-electron chi connectivity index (χ2n) is 4.90. The summed E-state index contributed by atoms with van der Waals surface area (Å²) in [5.41, 5.74) is 5.05. The fourth-order valence-corrected chi connectivity index (χ4v) is 2.28. The molecule has 0 aromatic heterocycles. The van der Waals surface area contributed by atoms with Crippen molar-refractivity contribution >= 4 is 23.6 Å². The number of nitrogens with two attached hydrogens (primary N) is 1. The minimum absolute atomic E-state index is 0.0421. The van der Waals surface area contributed by atoms with Crippen LogP contribution >= 0.6 is 11.6 Å². The third kappa shape index (κ3) is 3.98. The van der Waals surface area contributed by atoms with Crippen molar-refractivity contribution in [1.82, 2.24) is 4.90 Å². The first-order valence-electron chi connectivity index (χ1n) is 6.36. The molecule has 1 saturated heterocycles. The zero-order valence-electron chi connectivity index (χ0n) is 11.0. The lowest BCUT2D eigenvalue weighted by Crippen LogP contribution is -2.30. The first kappa shape index (κ1) is 15.9. The first-order valence-corrected chi connectivity index (χ1v) is 6.74. The Labute approximate surface area is 125 Å². The third-order valence-corrected chi connectivity index (χ3v) is 3.61. The molecule has 1 aliphatic rings. The van der Waals surface area contributed by atoms with Gasteiger partial charge in [-0.1, -0.05) is 11.6 Å². The number of carbonyl (C=O) groups is 1. The number of rotatable bonds is 2. The Hall–Kier alpha value is -1.53. The van der Waals surface area contributed by atoms with Crippen LogP contribution in [0.25, 0.3) is 6.08 Å². The Balaban J connectivity index is 2.15. The van der Waals surface area contributed by atoms with E-state index in [1.165, 1.54) is 18.2 Å². The van der Waals surface area contributed by atoms with Crippen molar-refractivity contribution in [2.24, 2.45) is 5.73 Å². The van der Waals surface area contributed by atoms with E-state index in [4.69, 9.17) is 17.3 Å². The molecule has 1 atom stereocenters. The first-order chi connectivity index (χ1) is 9.77. The number of hydrogen-bond donors (Lipinski definition) is 1. The van der Waals surface area contributed by atoms with Crippen LogP contribution in [0.4, 0.5) is 13.2 Å². The monoisotopic (exact) mass is 318 g/mol. The zero-order chi connectivity index (χ0) is 15.6. The molecular weight excluding hydrogens is 305 g/mol. The summed E-state index contributed by atoms with van der Waals surface area (Å²) in [5, 5.41) is 0.158. The van der Waals surface area contributed by atoms with Crippen molar-refractivity contribution in [3.05, 3.63) is 40.4 Å². The lowest BCUT2D eigenvalue weighted by molar-refractivity contribution is -0.137. The maximum atomic E-state index is 12.6. The van der Waals surface area contributed by atoms with Gasteiger partial charge in [0.2, 0.25) is 5.91 Å². The quantitative estimate of drug-likeness (QED) is 0.852. The summed E-state index contributed by atoms with van der Waals surface area (Å²) < 4.78 is 37.9. The van der Waals surface area contributed by atoms with Gasteiger partial charge in [-0.2, -0.15) is 13.2 Å². The molecule has 0 spiro atoms. The molecule has 2 N–H and O–H groups in total. The summed E-state index contributed by atoms with van der Waals surface area (Å²) in [7, 11) is 0. The van der Waals surface area contributed by atoms with Crippen LogP contribution in [-0.4, -0.2) is 29.9 Å². The van der Waals surface area contributed by atoms with E-state index < -0.39 is 11.7 Å². The second kappa shape index (κ2) is 6.07. The molecule has 0 unspecified atom stereocenters. The van der Waals surface area contributed by atoms with Gasteiger partial charge in [0.15, 0.2) is 0 Å². The summed E-state index contributed by atoms with van der Waals surface area (Å²) in [6.07, 6.45) is -1.20. The normalized spacial score (nSPS) is 19.5. The fourth-order valence-electron chi connectivity index (χ4n) is 2.10. The zero-order valence-corrected chi connectivity index (χ0v) is 11.8. The molecule has 1 aliphatic heterocycles. The van der Waals surface area contributed by atoms with Crippen LogP contribution in [0.1, 0.15) is 17.5 Å². The van der Waals surface area contributed by atoms with Gasteiger partial charge in [-0.3, -0.25) is 4.79 Å². The maximum Gasteiger partial charge on any atom is 0.416 e. The van der Waals surface area contributed by atoms with E-state index in [1.54, 1.807) is 4.90 Å². The Morgan fingerprint density at radius 2 is 2.14 bits per heavy atom. The van der Waals surface area contributed by atoms with Crippen LogP contribution in [0.3, 0.4) is 0 Å². The Morgan fingerprint density at radius 3 is 2.71 bits per heavy atom. The van der Waals surface area contributed by atoms with Gasteiger partial charge in [0.1, 0.15) is 0 Å². The molecule has 0 aliphatic carbocycles. The van der Waals surface area contributed by atoms with E-state index in [2.05, 4.69) is 0 Å². The van der Waals surface area contributed by atoms with Crippen LogP contribution in [0.15, 0.2) is 24.3 Å². The Kier molecular flexibility index (Phi) is 4.58. The van der Waals surface area contributed by atoms with Crippen molar-refractivity contribution in [1.29, 1.82) is 0 Å². The molecule has 0 saturated carbocycles. The standard InChI is InChI=1S/C14H14ClF3N2O/c15-12-3-2-10(14(16,17)18)7-9(12)1-4-13(21)20-6-5-11(19)8-20/h1-4,7,11H,5-6,8,19H2/t11-/m0/s1. The molecule has 3 nitrogen and oxygen atoms in total. The van der Waals surface area contributed by atoms with E-state index in [-0.39, 0.29) is 22.5 Å². The van der Waals surface area contributed by atoms with Gasteiger partial charge in [-0.15, -0.1) is 0 Å². The highest BCUT2D eigenvalue weighted by Crippen LogP contribution is 2.32. The van der Waals surface area contributed by atoms with E-state index in [0.29, 0.717) is 13.1 Å². The van der Waals surface area contributed by atoms with Crippen molar-refractivity contribution in [2.45, 2.75) is 18.6 Å². The largest absolute Gasteiger partial charge is 0.416 e. The van der Waals surface area contributed by atoms with Gasteiger partial charge >= 0.3 is 6.18 Å². The van der Waals surface area contributed by atoms with Crippen molar-refractivity contribution < 1.29 is 18.0 Å². The molecule has 1 aromatic carbocycles.